The summed E-state index contributed by atoms with van der Waals surface area (Å²) in [6.45, 7) is 1.48. The lowest BCUT2D eigenvalue weighted by atomic mass is 10.1. The zero-order chi connectivity index (χ0) is 20.9. The number of benzene rings is 2. The molecule has 1 saturated heterocycles. The molecule has 152 valence electrons. The summed E-state index contributed by atoms with van der Waals surface area (Å²) < 4.78 is 28.9. The molecule has 0 spiro atoms. The van der Waals surface area contributed by atoms with Gasteiger partial charge in [-0.25, -0.2) is 13.2 Å². The Morgan fingerprint density at radius 1 is 1.10 bits per heavy atom. The zero-order valence-corrected chi connectivity index (χ0v) is 17.0. The molecule has 0 bridgehead atoms. The number of para-hydroxylation sites is 1. The average molecular weight is 413 g/mol. The van der Waals surface area contributed by atoms with Crippen molar-refractivity contribution < 1.29 is 22.7 Å². The van der Waals surface area contributed by atoms with Crippen molar-refractivity contribution in [1.29, 1.82) is 0 Å². The fraction of sp³-hybridized carbons (Fsp3) is 0.273. The first kappa shape index (κ1) is 20.8. The van der Waals surface area contributed by atoms with Crippen LogP contribution >= 0.6 is 0 Å². The Bertz CT molecular complexity index is 1010. The Kier molecular flexibility index (Phi) is 6.49. The van der Waals surface area contributed by atoms with Gasteiger partial charge >= 0.3 is 5.97 Å². The summed E-state index contributed by atoms with van der Waals surface area (Å²) in [7, 11) is -3.17. The molecule has 0 aromatic heterocycles. The second-order valence-corrected chi connectivity index (χ2v) is 9.18. The maximum absolute atomic E-state index is 12.8. The number of nitrogens with zero attached hydrogens (tertiary/aromatic N) is 1. The molecule has 1 atom stereocenters. The standard InChI is InChI=1S/C22H23NO5S/c1-17-7-5-6-8-18(17)11-12-22(25)28-15-21(24)23(19-9-3-2-4-10-19)20-13-14-29(26,27)16-20/h2-12,20H,13-16H2,1H3/b12-11+/t20-/m1/s1. The first-order valence-corrected chi connectivity index (χ1v) is 11.2. The van der Waals surface area contributed by atoms with Crippen LogP contribution in [0.25, 0.3) is 6.08 Å². The van der Waals surface area contributed by atoms with Gasteiger partial charge in [0, 0.05) is 11.8 Å². The molecule has 1 heterocycles. The summed E-state index contributed by atoms with van der Waals surface area (Å²) in [5, 5.41) is 0. The molecule has 3 rings (SSSR count). The van der Waals surface area contributed by atoms with Gasteiger partial charge in [-0.3, -0.25) is 4.79 Å². The minimum absolute atomic E-state index is 0.0488. The highest BCUT2D eigenvalue weighted by Crippen LogP contribution is 2.24. The Morgan fingerprint density at radius 3 is 2.45 bits per heavy atom. The number of carbonyl (C=O) groups excluding carboxylic acids is 2. The van der Waals surface area contributed by atoms with E-state index in [1.54, 1.807) is 30.3 Å². The van der Waals surface area contributed by atoms with Gasteiger partial charge in [0.15, 0.2) is 16.4 Å². The molecule has 0 radical (unpaired) electrons. The smallest absolute Gasteiger partial charge is 0.331 e. The number of amides is 1. The van der Waals surface area contributed by atoms with Gasteiger partial charge in [-0.1, -0.05) is 42.5 Å². The van der Waals surface area contributed by atoms with E-state index < -0.39 is 34.4 Å². The van der Waals surface area contributed by atoms with Crippen LogP contribution in [0, 0.1) is 6.92 Å². The maximum Gasteiger partial charge on any atom is 0.331 e. The number of ether oxygens (including phenoxy) is 1. The largest absolute Gasteiger partial charge is 0.452 e. The normalized spacial score (nSPS) is 17.9. The molecule has 1 amide bonds. The molecular weight excluding hydrogens is 390 g/mol. The van der Waals surface area contributed by atoms with Gasteiger partial charge in [0.25, 0.3) is 5.91 Å². The van der Waals surface area contributed by atoms with Crippen LogP contribution in [0.1, 0.15) is 17.5 Å². The third kappa shape index (κ3) is 5.54. The van der Waals surface area contributed by atoms with E-state index in [1.807, 2.05) is 37.3 Å². The number of anilines is 1. The van der Waals surface area contributed by atoms with Crippen LogP contribution in [0.3, 0.4) is 0 Å². The van der Waals surface area contributed by atoms with Crippen molar-refractivity contribution in [2.45, 2.75) is 19.4 Å². The van der Waals surface area contributed by atoms with Crippen LogP contribution in [0.4, 0.5) is 5.69 Å². The van der Waals surface area contributed by atoms with Crippen molar-refractivity contribution >= 4 is 33.5 Å². The third-order valence-electron chi connectivity index (χ3n) is 4.80. The molecule has 1 aliphatic heterocycles. The lowest BCUT2D eigenvalue weighted by Gasteiger charge is -2.28. The van der Waals surface area contributed by atoms with E-state index in [4.69, 9.17) is 4.74 Å². The average Bonchev–Trinajstić information content (AvgIpc) is 3.06. The van der Waals surface area contributed by atoms with Crippen LogP contribution in [-0.4, -0.2) is 44.4 Å². The summed E-state index contributed by atoms with van der Waals surface area (Å²) in [5.41, 5.74) is 2.49. The number of hydrogen-bond donors (Lipinski definition) is 0. The molecule has 0 N–H and O–H groups in total. The van der Waals surface area contributed by atoms with Gasteiger partial charge in [0.2, 0.25) is 0 Å². The lowest BCUT2D eigenvalue weighted by molar-refractivity contribution is -0.143. The molecule has 2 aromatic carbocycles. The Balaban J connectivity index is 1.67. The number of aryl methyl sites for hydroxylation is 1. The van der Waals surface area contributed by atoms with Crippen molar-refractivity contribution in [1.82, 2.24) is 0 Å². The minimum Gasteiger partial charge on any atom is -0.452 e. The second kappa shape index (κ2) is 9.05. The SMILES string of the molecule is Cc1ccccc1/C=C/C(=O)OCC(=O)N(c1ccccc1)[C@@H]1CCS(=O)(=O)C1. The molecule has 6 nitrogen and oxygen atoms in total. The lowest BCUT2D eigenvalue weighted by Crippen LogP contribution is -2.43. The van der Waals surface area contributed by atoms with Crippen molar-refractivity contribution in [3.63, 3.8) is 0 Å². The maximum atomic E-state index is 12.8. The quantitative estimate of drug-likeness (QED) is 0.537. The van der Waals surface area contributed by atoms with E-state index in [0.717, 1.165) is 11.1 Å². The molecule has 1 fully saturated rings. The van der Waals surface area contributed by atoms with E-state index in [2.05, 4.69) is 0 Å². The Labute approximate surface area is 170 Å². The number of rotatable bonds is 6. The number of sulfone groups is 1. The predicted molar refractivity (Wildman–Crippen MR) is 112 cm³/mol. The van der Waals surface area contributed by atoms with E-state index in [0.29, 0.717) is 12.1 Å². The van der Waals surface area contributed by atoms with Gasteiger partial charge in [0.05, 0.1) is 17.5 Å². The fourth-order valence-electron chi connectivity index (χ4n) is 3.31. The van der Waals surface area contributed by atoms with Gasteiger partial charge in [-0.2, -0.15) is 0 Å². The highest BCUT2D eigenvalue weighted by atomic mass is 32.2. The van der Waals surface area contributed by atoms with Crippen molar-refractivity contribution in [2.24, 2.45) is 0 Å². The van der Waals surface area contributed by atoms with Gasteiger partial charge < -0.3 is 9.64 Å². The molecule has 0 aliphatic carbocycles. The summed E-state index contributed by atoms with van der Waals surface area (Å²) in [4.78, 5) is 26.3. The summed E-state index contributed by atoms with van der Waals surface area (Å²) in [5.74, 6) is -1.12. The molecule has 0 saturated carbocycles. The predicted octanol–water partition coefficient (Wildman–Crippen LogP) is 2.77. The Hall–Kier alpha value is -2.93. The molecular formula is C22H23NO5S. The highest BCUT2D eigenvalue weighted by molar-refractivity contribution is 7.91. The van der Waals surface area contributed by atoms with Crippen LogP contribution in [0.15, 0.2) is 60.7 Å². The van der Waals surface area contributed by atoms with Crippen molar-refractivity contribution in [3.05, 3.63) is 71.8 Å². The zero-order valence-electron chi connectivity index (χ0n) is 16.2. The van der Waals surface area contributed by atoms with E-state index in [-0.39, 0.29) is 11.5 Å². The van der Waals surface area contributed by atoms with Crippen molar-refractivity contribution in [2.75, 3.05) is 23.0 Å². The van der Waals surface area contributed by atoms with Crippen LogP contribution < -0.4 is 4.90 Å². The molecule has 29 heavy (non-hydrogen) atoms. The number of esters is 1. The molecule has 2 aromatic rings. The monoisotopic (exact) mass is 413 g/mol. The summed E-state index contributed by atoms with van der Waals surface area (Å²) in [6.07, 6.45) is 3.28. The van der Waals surface area contributed by atoms with Gasteiger partial charge in [-0.15, -0.1) is 0 Å². The van der Waals surface area contributed by atoms with E-state index >= 15 is 0 Å². The summed E-state index contributed by atoms with van der Waals surface area (Å²) in [6, 6.07) is 16.0. The summed E-state index contributed by atoms with van der Waals surface area (Å²) >= 11 is 0. The number of carbonyl (C=O) groups is 2. The Morgan fingerprint density at radius 2 is 1.79 bits per heavy atom. The number of hydrogen-bond acceptors (Lipinski definition) is 5. The molecule has 0 unspecified atom stereocenters. The van der Waals surface area contributed by atoms with Crippen LogP contribution in [0.2, 0.25) is 0 Å². The fourth-order valence-corrected chi connectivity index (χ4v) is 5.01. The van der Waals surface area contributed by atoms with Gasteiger partial charge in [-0.05, 0) is 42.7 Å². The molecule has 1 aliphatic rings. The van der Waals surface area contributed by atoms with Gasteiger partial charge in [0.1, 0.15) is 0 Å². The van der Waals surface area contributed by atoms with Crippen LogP contribution in [0.5, 0.6) is 0 Å². The van der Waals surface area contributed by atoms with Crippen molar-refractivity contribution in [3.8, 4) is 0 Å². The van der Waals surface area contributed by atoms with E-state index in [1.165, 1.54) is 11.0 Å². The van der Waals surface area contributed by atoms with Crippen LogP contribution in [-0.2, 0) is 24.2 Å². The topological polar surface area (TPSA) is 80.8 Å². The first-order chi connectivity index (χ1) is 13.9. The minimum atomic E-state index is -3.17. The second-order valence-electron chi connectivity index (χ2n) is 6.95. The highest BCUT2D eigenvalue weighted by Gasteiger charge is 2.35. The molecule has 7 heteroatoms. The van der Waals surface area contributed by atoms with E-state index in [9.17, 15) is 18.0 Å². The third-order valence-corrected chi connectivity index (χ3v) is 6.55. The first-order valence-electron chi connectivity index (χ1n) is 9.34.